The minimum absolute atomic E-state index is 0.0723. The minimum atomic E-state index is -3.13. The van der Waals surface area contributed by atoms with Crippen LogP contribution in [0.5, 0.6) is 0 Å². The van der Waals surface area contributed by atoms with E-state index >= 15 is 0 Å². The number of ether oxygens (including phenoxy) is 2. The summed E-state index contributed by atoms with van der Waals surface area (Å²) in [6.07, 6.45) is 0.0723. The monoisotopic (exact) mass is 262 g/mol. The van der Waals surface area contributed by atoms with Crippen LogP contribution in [0.1, 0.15) is 27.7 Å². The first-order valence-electron chi connectivity index (χ1n) is 5.75. The minimum Gasteiger partial charge on any atom is -0.496 e. The van der Waals surface area contributed by atoms with Crippen LogP contribution in [0.15, 0.2) is 12.3 Å². The van der Waals surface area contributed by atoms with Crippen molar-refractivity contribution in [3.63, 3.8) is 0 Å². The van der Waals surface area contributed by atoms with Crippen LogP contribution in [0.3, 0.4) is 0 Å². The highest BCUT2D eigenvalue weighted by Gasteiger charge is 2.50. The van der Waals surface area contributed by atoms with E-state index in [9.17, 15) is 4.79 Å². The molecule has 0 radical (unpaired) electrons. The largest absolute Gasteiger partial charge is 0.500 e. The standard InChI is InChI=1S/C11H22O5Si/c1-6-13-11(12)17(15-7-2,16-8-3)9-14-10(4)5/h4,6-9H2,1-3,5H3. The zero-order valence-corrected chi connectivity index (χ0v) is 12.1. The Morgan fingerprint density at radius 1 is 1.06 bits per heavy atom. The average molecular weight is 262 g/mol. The molecule has 0 saturated heterocycles. The molecule has 0 amide bonds. The van der Waals surface area contributed by atoms with Crippen molar-refractivity contribution in [2.45, 2.75) is 27.7 Å². The summed E-state index contributed by atoms with van der Waals surface area (Å²) in [6.45, 7) is 11.7. The van der Waals surface area contributed by atoms with Gasteiger partial charge in [-0.25, -0.2) is 0 Å². The smallest absolute Gasteiger partial charge is 0.496 e. The normalized spacial score (nSPS) is 11.1. The molecule has 0 atom stereocenters. The van der Waals surface area contributed by atoms with Crippen LogP contribution in [0.4, 0.5) is 4.79 Å². The molecule has 0 aromatic heterocycles. The Bertz CT molecular complexity index is 248. The number of rotatable bonds is 9. The van der Waals surface area contributed by atoms with Crippen LogP contribution in [0, 0.1) is 0 Å². The molecule has 6 heteroatoms. The van der Waals surface area contributed by atoms with E-state index in [1.54, 1.807) is 27.7 Å². The van der Waals surface area contributed by atoms with Gasteiger partial charge in [-0.3, -0.25) is 4.79 Å². The van der Waals surface area contributed by atoms with E-state index in [1.165, 1.54) is 0 Å². The van der Waals surface area contributed by atoms with Crippen molar-refractivity contribution in [2.75, 3.05) is 26.1 Å². The first kappa shape index (κ1) is 16.1. The van der Waals surface area contributed by atoms with Gasteiger partial charge in [0.1, 0.15) is 6.23 Å². The summed E-state index contributed by atoms with van der Waals surface area (Å²) < 4.78 is 21.3. The molecule has 0 aliphatic heterocycles. The molecule has 0 aliphatic rings. The molecular formula is C11H22O5Si. The van der Waals surface area contributed by atoms with Crippen LogP contribution < -0.4 is 0 Å². The van der Waals surface area contributed by atoms with Crippen molar-refractivity contribution < 1.29 is 23.1 Å². The maximum absolute atomic E-state index is 11.9. The molecule has 17 heavy (non-hydrogen) atoms. The second-order valence-electron chi connectivity index (χ2n) is 3.33. The van der Waals surface area contributed by atoms with E-state index < -0.39 is 14.2 Å². The van der Waals surface area contributed by atoms with E-state index in [4.69, 9.17) is 18.3 Å². The molecule has 0 spiro atoms. The Balaban J connectivity index is 4.82. The van der Waals surface area contributed by atoms with Crippen molar-refractivity contribution >= 4 is 14.2 Å². The molecule has 0 bridgehead atoms. The molecule has 0 unspecified atom stereocenters. The lowest BCUT2D eigenvalue weighted by Gasteiger charge is -2.27. The number of hydrogen-bond donors (Lipinski definition) is 0. The lowest BCUT2D eigenvalue weighted by molar-refractivity contribution is 0.112. The van der Waals surface area contributed by atoms with Gasteiger partial charge in [0.05, 0.1) is 12.4 Å². The molecular weight excluding hydrogens is 240 g/mol. The second kappa shape index (κ2) is 8.27. The zero-order valence-electron chi connectivity index (χ0n) is 11.1. The van der Waals surface area contributed by atoms with Crippen LogP contribution in [-0.2, 0) is 18.3 Å². The predicted molar refractivity (Wildman–Crippen MR) is 66.8 cm³/mol. The van der Waals surface area contributed by atoms with Gasteiger partial charge in [0.15, 0.2) is 0 Å². The summed E-state index contributed by atoms with van der Waals surface area (Å²) in [6, 6.07) is 0. The van der Waals surface area contributed by atoms with Gasteiger partial charge in [0.25, 0.3) is 0 Å². The first-order chi connectivity index (χ1) is 8.02. The molecule has 100 valence electrons. The summed E-state index contributed by atoms with van der Waals surface area (Å²) in [5.74, 6) is 0.519. The number of hydrogen-bond acceptors (Lipinski definition) is 5. The van der Waals surface area contributed by atoms with Crippen molar-refractivity contribution in [3.05, 3.63) is 12.3 Å². The van der Waals surface area contributed by atoms with Crippen molar-refractivity contribution in [2.24, 2.45) is 0 Å². The summed E-state index contributed by atoms with van der Waals surface area (Å²) in [4.78, 5) is 11.9. The van der Waals surface area contributed by atoms with Gasteiger partial charge in [-0.1, -0.05) is 6.58 Å². The molecule has 0 N–H and O–H groups in total. The van der Waals surface area contributed by atoms with E-state index in [1.807, 2.05) is 0 Å². The van der Waals surface area contributed by atoms with Crippen LogP contribution in [0.25, 0.3) is 0 Å². The fraction of sp³-hybridized carbons (Fsp3) is 0.727. The van der Waals surface area contributed by atoms with Gasteiger partial charge in [-0.2, -0.15) is 0 Å². The van der Waals surface area contributed by atoms with Gasteiger partial charge >= 0.3 is 14.2 Å². The quantitative estimate of drug-likeness (QED) is 0.471. The fourth-order valence-electron chi connectivity index (χ4n) is 1.23. The Labute approximate surface area is 104 Å². The molecule has 0 rings (SSSR count). The third-order valence-corrected chi connectivity index (χ3v) is 4.65. The fourth-order valence-corrected chi connectivity index (χ4v) is 3.56. The van der Waals surface area contributed by atoms with Gasteiger partial charge < -0.3 is 18.3 Å². The second-order valence-corrected chi connectivity index (χ2v) is 6.11. The highest BCUT2D eigenvalue weighted by atomic mass is 28.4. The van der Waals surface area contributed by atoms with E-state index in [2.05, 4.69) is 6.58 Å². The van der Waals surface area contributed by atoms with Crippen LogP contribution in [-0.4, -0.2) is 40.2 Å². The SMILES string of the molecule is C=C(C)OC[Si](OCC)(OCC)C(=O)OCC. The Kier molecular flexibility index (Phi) is 7.85. The Morgan fingerprint density at radius 3 is 1.94 bits per heavy atom. The molecule has 0 saturated carbocycles. The van der Waals surface area contributed by atoms with E-state index in [-0.39, 0.29) is 6.23 Å². The number of carbonyl (C=O) groups is 1. The maximum Gasteiger partial charge on any atom is 0.500 e. The number of allylic oxidation sites excluding steroid dienone is 1. The molecule has 0 heterocycles. The van der Waals surface area contributed by atoms with Crippen LogP contribution in [0.2, 0.25) is 0 Å². The topological polar surface area (TPSA) is 54.0 Å². The number of carbonyl (C=O) groups excluding carboxylic acids is 1. The first-order valence-corrected chi connectivity index (χ1v) is 7.78. The van der Waals surface area contributed by atoms with Crippen molar-refractivity contribution in [1.82, 2.24) is 0 Å². The molecule has 0 fully saturated rings. The van der Waals surface area contributed by atoms with Gasteiger partial charge in [0.2, 0.25) is 0 Å². The van der Waals surface area contributed by atoms with Crippen molar-refractivity contribution in [3.8, 4) is 0 Å². The molecule has 0 aromatic rings. The zero-order chi connectivity index (χ0) is 13.3. The summed E-state index contributed by atoms with van der Waals surface area (Å²) in [5, 5.41) is 0. The summed E-state index contributed by atoms with van der Waals surface area (Å²) in [7, 11) is -3.13. The third kappa shape index (κ3) is 5.34. The lowest BCUT2D eigenvalue weighted by atomic mass is 10.7. The van der Waals surface area contributed by atoms with Gasteiger partial charge in [0, 0.05) is 13.2 Å². The van der Waals surface area contributed by atoms with Crippen molar-refractivity contribution in [1.29, 1.82) is 0 Å². The third-order valence-electron chi connectivity index (χ3n) is 1.85. The highest BCUT2D eigenvalue weighted by molar-refractivity contribution is 6.95. The predicted octanol–water partition coefficient (Wildman–Crippen LogP) is 2.33. The van der Waals surface area contributed by atoms with Gasteiger partial charge in [-0.05, 0) is 27.7 Å². The Morgan fingerprint density at radius 2 is 1.59 bits per heavy atom. The average Bonchev–Trinajstić information content (AvgIpc) is 2.26. The van der Waals surface area contributed by atoms with E-state index in [0.29, 0.717) is 25.6 Å². The summed E-state index contributed by atoms with van der Waals surface area (Å²) in [5.41, 5.74) is -0.440. The summed E-state index contributed by atoms with van der Waals surface area (Å²) >= 11 is 0. The highest BCUT2D eigenvalue weighted by Crippen LogP contribution is 2.14. The van der Waals surface area contributed by atoms with Gasteiger partial charge in [-0.15, -0.1) is 0 Å². The molecule has 0 aromatic carbocycles. The van der Waals surface area contributed by atoms with Crippen LogP contribution >= 0.6 is 0 Å². The Hall–Kier alpha value is -0.853. The lowest BCUT2D eigenvalue weighted by Crippen LogP contribution is -2.55. The molecule has 5 nitrogen and oxygen atoms in total. The maximum atomic E-state index is 11.9. The molecule has 0 aliphatic carbocycles. The van der Waals surface area contributed by atoms with E-state index in [0.717, 1.165) is 0 Å².